The second-order valence-corrected chi connectivity index (χ2v) is 1.70. The zero-order valence-corrected chi connectivity index (χ0v) is 4.99. The standard InChI is InChI=1S/C4H6N2O4/c5-4(8)10-2-1-9-6-3(2)7/h2H,1H2,(H2,5,8)(H,6,7). The smallest absolute Gasteiger partial charge is 0.405 e. The number of rotatable bonds is 1. The monoisotopic (exact) mass is 146 g/mol. The number of nitrogens with two attached hydrogens (primary N) is 1. The third-order valence-electron chi connectivity index (χ3n) is 0.958. The molecular formula is C4H6N2O4. The van der Waals surface area contributed by atoms with E-state index in [1.807, 2.05) is 5.48 Å². The largest absolute Gasteiger partial charge is 0.434 e. The molecule has 1 saturated heterocycles. The summed E-state index contributed by atoms with van der Waals surface area (Å²) in [6.07, 6.45) is -1.87. The second kappa shape index (κ2) is 2.53. The van der Waals surface area contributed by atoms with Gasteiger partial charge in [0.1, 0.15) is 6.61 Å². The van der Waals surface area contributed by atoms with Crippen LogP contribution in [0.1, 0.15) is 0 Å². The lowest BCUT2D eigenvalue weighted by molar-refractivity contribution is -0.128. The van der Waals surface area contributed by atoms with Gasteiger partial charge in [-0.1, -0.05) is 0 Å². The first-order chi connectivity index (χ1) is 4.70. The zero-order chi connectivity index (χ0) is 7.56. The molecular weight excluding hydrogens is 140 g/mol. The molecule has 6 nitrogen and oxygen atoms in total. The van der Waals surface area contributed by atoms with Crippen molar-refractivity contribution in [2.75, 3.05) is 6.61 Å². The number of primary amides is 1. The van der Waals surface area contributed by atoms with Gasteiger partial charge in [-0.05, 0) is 0 Å². The topological polar surface area (TPSA) is 90.7 Å². The van der Waals surface area contributed by atoms with E-state index in [4.69, 9.17) is 0 Å². The minimum absolute atomic E-state index is 0.0156. The van der Waals surface area contributed by atoms with Gasteiger partial charge >= 0.3 is 6.09 Å². The third kappa shape index (κ3) is 1.35. The number of hydrogen-bond acceptors (Lipinski definition) is 4. The van der Waals surface area contributed by atoms with Gasteiger partial charge in [0.05, 0.1) is 0 Å². The first kappa shape index (κ1) is 6.81. The number of nitrogens with one attached hydrogen (secondary N) is 1. The maximum Gasteiger partial charge on any atom is 0.405 e. The molecule has 6 heteroatoms. The molecule has 0 radical (unpaired) electrons. The molecule has 0 aliphatic carbocycles. The SMILES string of the molecule is NC(=O)OC1CONC1=O. The van der Waals surface area contributed by atoms with Gasteiger partial charge < -0.3 is 10.5 Å². The lowest BCUT2D eigenvalue weighted by Crippen LogP contribution is -2.31. The highest BCUT2D eigenvalue weighted by Crippen LogP contribution is 1.98. The highest BCUT2D eigenvalue weighted by atomic mass is 16.7. The summed E-state index contributed by atoms with van der Waals surface area (Å²) in [6.45, 7) is 0.0156. The lowest BCUT2D eigenvalue weighted by atomic mass is 10.4. The molecule has 0 spiro atoms. The van der Waals surface area contributed by atoms with Crippen LogP contribution in [-0.2, 0) is 14.4 Å². The van der Waals surface area contributed by atoms with E-state index < -0.39 is 18.1 Å². The molecule has 0 aromatic carbocycles. The van der Waals surface area contributed by atoms with Crippen LogP contribution in [0.4, 0.5) is 4.79 Å². The Hall–Kier alpha value is -1.30. The zero-order valence-electron chi connectivity index (χ0n) is 4.99. The summed E-state index contributed by atoms with van der Waals surface area (Å²) in [4.78, 5) is 25.0. The molecule has 0 aromatic heterocycles. The van der Waals surface area contributed by atoms with Gasteiger partial charge in [0.15, 0.2) is 0 Å². The molecule has 1 aliphatic heterocycles. The molecule has 0 aromatic rings. The van der Waals surface area contributed by atoms with Gasteiger partial charge in [0, 0.05) is 0 Å². The Bertz CT molecular complexity index is 169. The fourth-order valence-electron chi connectivity index (χ4n) is 0.558. The predicted octanol–water partition coefficient (Wildman–Crippen LogP) is -1.49. The van der Waals surface area contributed by atoms with Crippen molar-refractivity contribution < 1.29 is 19.2 Å². The van der Waals surface area contributed by atoms with E-state index >= 15 is 0 Å². The van der Waals surface area contributed by atoms with Crippen LogP contribution in [0.25, 0.3) is 0 Å². The third-order valence-corrected chi connectivity index (χ3v) is 0.958. The van der Waals surface area contributed by atoms with Crippen molar-refractivity contribution in [2.45, 2.75) is 6.10 Å². The van der Waals surface area contributed by atoms with E-state index in [2.05, 4.69) is 15.3 Å². The molecule has 1 unspecified atom stereocenters. The van der Waals surface area contributed by atoms with Crippen LogP contribution in [0.2, 0.25) is 0 Å². The number of carbonyl (C=O) groups excluding carboxylic acids is 2. The maximum atomic E-state index is 10.5. The second-order valence-electron chi connectivity index (χ2n) is 1.70. The van der Waals surface area contributed by atoms with Crippen molar-refractivity contribution in [1.82, 2.24) is 5.48 Å². The highest BCUT2D eigenvalue weighted by Gasteiger charge is 2.28. The molecule has 56 valence electrons. The molecule has 1 aliphatic rings. The van der Waals surface area contributed by atoms with Crippen molar-refractivity contribution in [3.8, 4) is 0 Å². The maximum absolute atomic E-state index is 10.5. The first-order valence-electron chi connectivity index (χ1n) is 2.58. The summed E-state index contributed by atoms with van der Waals surface area (Å²) >= 11 is 0. The lowest BCUT2D eigenvalue weighted by Gasteiger charge is -2.02. The number of hydroxylamine groups is 1. The molecule has 1 fully saturated rings. The molecule has 0 saturated carbocycles. The normalized spacial score (nSPS) is 24.0. The van der Waals surface area contributed by atoms with Crippen molar-refractivity contribution >= 4 is 12.0 Å². The highest BCUT2D eigenvalue weighted by molar-refractivity contribution is 5.83. The van der Waals surface area contributed by atoms with Gasteiger partial charge in [-0.25, -0.2) is 10.3 Å². The number of carbonyl (C=O) groups is 2. The van der Waals surface area contributed by atoms with Crippen LogP contribution in [0.5, 0.6) is 0 Å². The van der Waals surface area contributed by atoms with Crippen molar-refractivity contribution in [2.24, 2.45) is 5.73 Å². The molecule has 3 N–H and O–H groups in total. The van der Waals surface area contributed by atoms with Crippen LogP contribution in [0, 0.1) is 0 Å². The van der Waals surface area contributed by atoms with Crippen molar-refractivity contribution in [3.63, 3.8) is 0 Å². The summed E-state index contributed by atoms with van der Waals surface area (Å²) in [6, 6.07) is 0. The number of hydrogen-bond donors (Lipinski definition) is 2. The first-order valence-corrected chi connectivity index (χ1v) is 2.58. The van der Waals surface area contributed by atoms with E-state index in [1.54, 1.807) is 0 Å². The predicted molar refractivity (Wildman–Crippen MR) is 28.6 cm³/mol. The van der Waals surface area contributed by atoms with Crippen molar-refractivity contribution in [1.29, 1.82) is 0 Å². The summed E-state index contributed by atoms with van der Waals surface area (Å²) in [5.41, 5.74) is 6.64. The minimum Gasteiger partial charge on any atom is -0.434 e. The summed E-state index contributed by atoms with van der Waals surface area (Å²) in [5, 5.41) is 0. The van der Waals surface area contributed by atoms with Crippen molar-refractivity contribution in [3.05, 3.63) is 0 Å². The Morgan fingerprint density at radius 3 is 3.00 bits per heavy atom. The fourth-order valence-corrected chi connectivity index (χ4v) is 0.558. The molecule has 0 bridgehead atoms. The van der Waals surface area contributed by atoms with Crippen LogP contribution >= 0.6 is 0 Å². The Kier molecular flexibility index (Phi) is 1.72. The van der Waals surface area contributed by atoms with Crippen LogP contribution in [0.15, 0.2) is 0 Å². The Morgan fingerprint density at radius 2 is 2.60 bits per heavy atom. The molecule has 10 heavy (non-hydrogen) atoms. The van der Waals surface area contributed by atoms with E-state index in [1.165, 1.54) is 0 Å². The Morgan fingerprint density at radius 1 is 1.90 bits per heavy atom. The van der Waals surface area contributed by atoms with Crippen LogP contribution in [0.3, 0.4) is 0 Å². The molecule has 1 atom stereocenters. The molecule has 1 rings (SSSR count). The molecule has 1 heterocycles. The minimum atomic E-state index is -0.981. The summed E-state index contributed by atoms with van der Waals surface area (Å²) < 4.78 is 4.33. The van der Waals surface area contributed by atoms with Gasteiger partial charge in [-0.3, -0.25) is 9.63 Å². The average Bonchev–Trinajstić information content (AvgIpc) is 2.15. The van der Waals surface area contributed by atoms with Crippen LogP contribution < -0.4 is 11.2 Å². The van der Waals surface area contributed by atoms with Crippen LogP contribution in [-0.4, -0.2) is 24.7 Å². The molecule has 2 amide bonds. The Balaban J connectivity index is 2.40. The summed E-state index contributed by atoms with van der Waals surface area (Å²) in [7, 11) is 0. The van der Waals surface area contributed by atoms with Gasteiger partial charge in [-0.2, -0.15) is 0 Å². The fraction of sp³-hybridized carbons (Fsp3) is 0.500. The van der Waals surface area contributed by atoms with E-state index in [0.717, 1.165) is 0 Å². The quantitative estimate of drug-likeness (QED) is 0.471. The van der Waals surface area contributed by atoms with E-state index in [-0.39, 0.29) is 6.61 Å². The van der Waals surface area contributed by atoms with Gasteiger partial charge in [-0.15, -0.1) is 0 Å². The van der Waals surface area contributed by atoms with Gasteiger partial charge in [0.2, 0.25) is 6.10 Å². The number of ether oxygens (including phenoxy) is 1. The van der Waals surface area contributed by atoms with E-state index in [9.17, 15) is 9.59 Å². The van der Waals surface area contributed by atoms with E-state index in [0.29, 0.717) is 0 Å². The number of amides is 2. The van der Waals surface area contributed by atoms with Gasteiger partial charge in [0.25, 0.3) is 5.91 Å². The average molecular weight is 146 g/mol. The summed E-state index contributed by atoms with van der Waals surface area (Å²) in [5.74, 6) is -0.487. The Labute approximate surface area is 56.2 Å².